The van der Waals surface area contributed by atoms with E-state index in [0.717, 1.165) is 9.80 Å². The van der Waals surface area contributed by atoms with Crippen LogP contribution in [-0.4, -0.2) is 71.6 Å². The average Bonchev–Trinajstić information content (AvgIpc) is 2.32. The number of ether oxygens (including phenoxy) is 1. The third-order valence-electron chi connectivity index (χ3n) is 2.34. The molecule has 9 heteroatoms. The Kier molecular flexibility index (Phi) is 7.05. The van der Waals surface area contributed by atoms with Crippen LogP contribution in [0.4, 0.5) is 4.79 Å². The molecule has 114 valence electrons. The van der Waals surface area contributed by atoms with Crippen molar-refractivity contribution in [3.05, 3.63) is 0 Å². The average molecular weight is 289 g/mol. The van der Waals surface area contributed by atoms with Crippen molar-refractivity contribution in [1.82, 2.24) is 9.80 Å². The topological polar surface area (TPSA) is 130 Å². The molecule has 0 bridgehead atoms. The van der Waals surface area contributed by atoms with Gasteiger partial charge < -0.3 is 25.4 Å². The molecule has 0 aliphatic rings. The molecular formula is C11H19N3O6. The summed E-state index contributed by atoms with van der Waals surface area (Å²) in [5.74, 6) is -2.79. The van der Waals surface area contributed by atoms with Crippen LogP contribution in [0.25, 0.3) is 0 Å². The molecule has 0 aromatic rings. The van der Waals surface area contributed by atoms with Gasteiger partial charge in [0.25, 0.3) is 0 Å². The normalized spacial score (nSPS) is 10.0. The number of esters is 1. The number of carboxylic acids is 1. The highest BCUT2D eigenvalue weighted by Crippen LogP contribution is 2.05. The Balaban J connectivity index is 5.08. The number of primary amides is 1. The SMILES string of the molecule is COC(=O)CN(C(=O)N(CC(N)=O)CC(=O)O)C(C)C. The number of carbonyl (C=O) groups excluding carboxylic acids is 3. The lowest BCUT2D eigenvalue weighted by Crippen LogP contribution is -2.52. The molecular weight excluding hydrogens is 270 g/mol. The summed E-state index contributed by atoms with van der Waals surface area (Å²) < 4.78 is 4.46. The Morgan fingerprint density at radius 1 is 1.15 bits per heavy atom. The van der Waals surface area contributed by atoms with Gasteiger partial charge in [0.15, 0.2) is 0 Å². The maximum atomic E-state index is 12.2. The number of methoxy groups -OCH3 is 1. The molecule has 20 heavy (non-hydrogen) atoms. The van der Waals surface area contributed by atoms with Gasteiger partial charge in [0.2, 0.25) is 5.91 Å². The smallest absolute Gasteiger partial charge is 0.325 e. The van der Waals surface area contributed by atoms with Gasteiger partial charge in [-0.05, 0) is 13.8 Å². The minimum atomic E-state index is -1.29. The number of nitrogens with zero attached hydrogens (tertiary/aromatic N) is 2. The van der Waals surface area contributed by atoms with Gasteiger partial charge in [-0.25, -0.2) is 4.79 Å². The number of carboxylic acid groups (broad SMARTS) is 1. The summed E-state index contributed by atoms with van der Waals surface area (Å²) in [6, 6.07) is -1.16. The van der Waals surface area contributed by atoms with Crippen molar-refractivity contribution in [2.24, 2.45) is 5.73 Å². The minimum absolute atomic E-state index is 0.345. The predicted octanol–water partition coefficient (Wildman–Crippen LogP) is -1.14. The molecule has 0 aliphatic carbocycles. The first-order chi connectivity index (χ1) is 9.18. The molecule has 0 aromatic heterocycles. The molecule has 0 aliphatic heterocycles. The molecule has 0 aromatic carbocycles. The Hall–Kier alpha value is -2.32. The van der Waals surface area contributed by atoms with Crippen LogP contribution in [0.3, 0.4) is 0 Å². The Morgan fingerprint density at radius 2 is 1.70 bits per heavy atom. The first kappa shape index (κ1) is 17.7. The van der Waals surface area contributed by atoms with Gasteiger partial charge in [0, 0.05) is 6.04 Å². The largest absolute Gasteiger partial charge is 0.480 e. The third kappa shape index (κ3) is 6.03. The van der Waals surface area contributed by atoms with Gasteiger partial charge in [-0.3, -0.25) is 14.4 Å². The van der Waals surface area contributed by atoms with Crippen LogP contribution in [-0.2, 0) is 19.1 Å². The Morgan fingerprint density at radius 3 is 2.05 bits per heavy atom. The maximum Gasteiger partial charge on any atom is 0.325 e. The number of nitrogens with two attached hydrogens (primary N) is 1. The number of aliphatic carboxylic acids is 1. The van der Waals surface area contributed by atoms with E-state index in [0.29, 0.717) is 0 Å². The van der Waals surface area contributed by atoms with E-state index in [4.69, 9.17) is 10.8 Å². The van der Waals surface area contributed by atoms with Gasteiger partial charge >= 0.3 is 18.0 Å². The first-order valence-corrected chi connectivity index (χ1v) is 5.81. The predicted molar refractivity (Wildman–Crippen MR) is 67.7 cm³/mol. The summed E-state index contributed by atoms with van der Waals surface area (Å²) in [6.45, 7) is 1.71. The molecule has 9 nitrogen and oxygen atoms in total. The highest BCUT2D eigenvalue weighted by molar-refractivity contribution is 5.87. The summed E-state index contributed by atoms with van der Waals surface area (Å²) >= 11 is 0. The first-order valence-electron chi connectivity index (χ1n) is 5.81. The molecule has 0 saturated carbocycles. The van der Waals surface area contributed by atoms with Crippen LogP contribution in [0.15, 0.2) is 0 Å². The molecule has 0 spiro atoms. The zero-order valence-corrected chi connectivity index (χ0v) is 11.7. The second-order valence-corrected chi connectivity index (χ2v) is 4.30. The van der Waals surface area contributed by atoms with E-state index in [2.05, 4.69) is 4.74 Å². The fraction of sp³-hybridized carbons (Fsp3) is 0.636. The highest BCUT2D eigenvalue weighted by atomic mass is 16.5. The second kappa shape index (κ2) is 7.97. The third-order valence-corrected chi connectivity index (χ3v) is 2.34. The van der Waals surface area contributed by atoms with Crippen LogP contribution >= 0.6 is 0 Å². The minimum Gasteiger partial charge on any atom is -0.480 e. The van der Waals surface area contributed by atoms with Crippen molar-refractivity contribution in [2.75, 3.05) is 26.7 Å². The standard InChI is InChI=1S/C11H19N3O6/c1-7(2)14(6-10(18)20-3)11(19)13(4-8(12)15)5-9(16)17/h7H,4-6H2,1-3H3,(H2,12,15)(H,16,17). The van der Waals surface area contributed by atoms with Gasteiger partial charge in [0.05, 0.1) is 7.11 Å². The van der Waals surface area contributed by atoms with E-state index in [1.807, 2.05) is 0 Å². The molecule has 0 radical (unpaired) electrons. The summed E-state index contributed by atoms with van der Waals surface area (Å²) in [7, 11) is 1.17. The van der Waals surface area contributed by atoms with E-state index < -0.39 is 37.0 Å². The van der Waals surface area contributed by atoms with Crippen LogP contribution in [0, 0.1) is 0 Å². The number of hydrogen-bond donors (Lipinski definition) is 2. The second-order valence-electron chi connectivity index (χ2n) is 4.30. The van der Waals surface area contributed by atoms with E-state index >= 15 is 0 Å². The zero-order chi connectivity index (χ0) is 15.9. The van der Waals surface area contributed by atoms with Crippen LogP contribution in [0.1, 0.15) is 13.8 Å². The van der Waals surface area contributed by atoms with Crippen LogP contribution in [0.2, 0.25) is 0 Å². The van der Waals surface area contributed by atoms with Gasteiger partial charge in [-0.1, -0.05) is 0 Å². The molecule has 3 amide bonds. The monoisotopic (exact) mass is 289 g/mol. The van der Waals surface area contributed by atoms with E-state index in [9.17, 15) is 19.2 Å². The summed E-state index contributed by atoms with van der Waals surface area (Å²) in [4.78, 5) is 46.9. The van der Waals surface area contributed by atoms with Crippen molar-refractivity contribution in [3.63, 3.8) is 0 Å². The van der Waals surface area contributed by atoms with E-state index in [-0.39, 0.29) is 12.6 Å². The van der Waals surface area contributed by atoms with Gasteiger partial charge in [-0.2, -0.15) is 0 Å². The number of amides is 3. The molecule has 0 atom stereocenters. The Bertz CT molecular complexity index is 380. The lowest BCUT2D eigenvalue weighted by atomic mass is 10.3. The summed E-state index contributed by atoms with van der Waals surface area (Å²) in [5, 5.41) is 8.74. The van der Waals surface area contributed by atoms with Crippen molar-refractivity contribution < 1.29 is 29.0 Å². The van der Waals surface area contributed by atoms with Crippen LogP contribution in [0.5, 0.6) is 0 Å². The molecule has 0 heterocycles. The van der Waals surface area contributed by atoms with Crippen molar-refractivity contribution >= 4 is 23.9 Å². The van der Waals surface area contributed by atoms with E-state index in [1.165, 1.54) is 7.11 Å². The van der Waals surface area contributed by atoms with Crippen molar-refractivity contribution in [1.29, 1.82) is 0 Å². The lowest BCUT2D eigenvalue weighted by Gasteiger charge is -2.31. The molecule has 0 unspecified atom stereocenters. The Labute approximate surface area is 116 Å². The van der Waals surface area contributed by atoms with E-state index in [1.54, 1.807) is 13.8 Å². The summed E-state index contributed by atoms with van der Waals surface area (Å²) in [6.07, 6.45) is 0. The fourth-order valence-corrected chi connectivity index (χ4v) is 1.40. The molecule has 3 N–H and O–H groups in total. The van der Waals surface area contributed by atoms with Crippen molar-refractivity contribution in [2.45, 2.75) is 19.9 Å². The number of hydrogen-bond acceptors (Lipinski definition) is 5. The van der Waals surface area contributed by atoms with Crippen LogP contribution < -0.4 is 5.73 Å². The molecule has 0 fully saturated rings. The molecule has 0 rings (SSSR count). The number of rotatable bonds is 7. The summed E-state index contributed by atoms with van der Waals surface area (Å²) in [5.41, 5.74) is 4.97. The fourth-order valence-electron chi connectivity index (χ4n) is 1.40. The van der Waals surface area contributed by atoms with Crippen molar-refractivity contribution in [3.8, 4) is 0 Å². The highest BCUT2D eigenvalue weighted by Gasteiger charge is 2.27. The zero-order valence-electron chi connectivity index (χ0n) is 11.7. The lowest BCUT2D eigenvalue weighted by molar-refractivity contribution is -0.141. The quantitative estimate of drug-likeness (QED) is 0.570. The van der Waals surface area contributed by atoms with Gasteiger partial charge in [0.1, 0.15) is 19.6 Å². The molecule has 0 saturated heterocycles. The maximum absolute atomic E-state index is 12.2. The van der Waals surface area contributed by atoms with Gasteiger partial charge in [-0.15, -0.1) is 0 Å². The number of urea groups is 1. The number of carbonyl (C=O) groups is 4.